The van der Waals surface area contributed by atoms with Crippen LogP contribution < -0.4 is 5.73 Å². The molecule has 2 rings (SSSR count). The lowest BCUT2D eigenvalue weighted by Crippen LogP contribution is -2.48. The largest absolute Gasteiger partial charge is 0.411 e. The van der Waals surface area contributed by atoms with Crippen molar-refractivity contribution in [2.24, 2.45) is 5.73 Å². The molecule has 0 saturated carbocycles. The van der Waals surface area contributed by atoms with Gasteiger partial charge in [0.05, 0.1) is 12.2 Å². The first kappa shape index (κ1) is 13.1. The second-order valence-corrected chi connectivity index (χ2v) is 5.03. The van der Waals surface area contributed by atoms with E-state index >= 15 is 0 Å². The van der Waals surface area contributed by atoms with Crippen LogP contribution in [0.5, 0.6) is 0 Å². The molecule has 2 bridgehead atoms. The maximum Gasteiger partial charge on any atom is 0.411 e. The van der Waals surface area contributed by atoms with Crippen LogP contribution in [-0.2, 0) is 9.47 Å². The summed E-state index contributed by atoms with van der Waals surface area (Å²) in [6, 6.07) is 0. The van der Waals surface area contributed by atoms with Crippen molar-refractivity contribution in [3.63, 3.8) is 0 Å². The molecule has 17 heavy (non-hydrogen) atoms. The van der Waals surface area contributed by atoms with Gasteiger partial charge in [0.25, 0.3) is 0 Å². The summed E-state index contributed by atoms with van der Waals surface area (Å²) in [6.45, 7) is -1.07. The van der Waals surface area contributed by atoms with Gasteiger partial charge < -0.3 is 15.2 Å². The summed E-state index contributed by atoms with van der Waals surface area (Å²) in [6.07, 6.45) is 0.216. The number of nitrogens with two attached hydrogens (primary N) is 1. The Labute approximate surface area is 98.4 Å². The molecule has 2 aliphatic rings. The molecular weight excluding hydrogens is 235 g/mol. The molecule has 2 aliphatic heterocycles. The molecule has 2 heterocycles. The van der Waals surface area contributed by atoms with Gasteiger partial charge >= 0.3 is 6.18 Å². The summed E-state index contributed by atoms with van der Waals surface area (Å²) in [5.74, 6) is 0. The van der Waals surface area contributed by atoms with E-state index in [0.29, 0.717) is 12.8 Å². The van der Waals surface area contributed by atoms with Gasteiger partial charge in [0.1, 0.15) is 6.61 Å². The van der Waals surface area contributed by atoms with Crippen LogP contribution in [0.25, 0.3) is 0 Å². The average molecular weight is 253 g/mol. The summed E-state index contributed by atoms with van der Waals surface area (Å²) in [7, 11) is 0. The summed E-state index contributed by atoms with van der Waals surface area (Å²) in [4.78, 5) is 0. The first-order valence-electron chi connectivity index (χ1n) is 5.98. The predicted octanol–water partition coefficient (Wildman–Crippen LogP) is 1.99. The smallest absolute Gasteiger partial charge is 0.373 e. The van der Waals surface area contributed by atoms with Gasteiger partial charge in [0.15, 0.2) is 0 Å². The Morgan fingerprint density at radius 1 is 1.35 bits per heavy atom. The first-order chi connectivity index (χ1) is 7.89. The minimum atomic E-state index is -4.24. The molecule has 100 valence electrons. The van der Waals surface area contributed by atoms with Crippen LogP contribution in [0, 0.1) is 0 Å². The second-order valence-electron chi connectivity index (χ2n) is 5.03. The van der Waals surface area contributed by atoms with Gasteiger partial charge in [-0.2, -0.15) is 13.2 Å². The van der Waals surface area contributed by atoms with Gasteiger partial charge in [-0.05, 0) is 32.1 Å². The number of hydrogen-bond donors (Lipinski definition) is 1. The van der Waals surface area contributed by atoms with E-state index in [-0.39, 0.29) is 24.4 Å². The van der Waals surface area contributed by atoms with Crippen molar-refractivity contribution in [1.82, 2.24) is 0 Å². The third-order valence-corrected chi connectivity index (χ3v) is 3.55. The van der Waals surface area contributed by atoms with Gasteiger partial charge in [0, 0.05) is 12.1 Å². The maximum absolute atomic E-state index is 11.8. The fourth-order valence-electron chi connectivity index (χ4n) is 2.79. The van der Waals surface area contributed by atoms with E-state index in [2.05, 4.69) is 4.74 Å². The molecule has 0 spiro atoms. The van der Waals surface area contributed by atoms with E-state index in [1.807, 2.05) is 0 Å². The fraction of sp³-hybridized carbons (Fsp3) is 1.00. The van der Waals surface area contributed by atoms with Crippen molar-refractivity contribution >= 4 is 0 Å². The van der Waals surface area contributed by atoms with E-state index in [4.69, 9.17) is 10.5 Å². The van der Waals surface area contributed by atoms with Gasteiger partial charge in [-0.15, -0.1) is 0 Å². The quantitative estimate of drug-likeness (QED) is 0.762. The van der Waals surface area contributed by atoms with Crippen molar-refractivity contribution in [3.8, 4) is 0 Å². The number of fused-ring (bicyclic) bond motifs is 2. The molecule has 6 heteroatoms. The Bertz CT molecular complexity index is 272. The Kier molecular flexibility index (Phi) is 3.66. The number of hydrogen-bond acceptors (Lipinski definition) is 3. The minimum absolute atomic E-state index is 0.0927. The Hall–Kier alpha value is -0.330. The van der Waals surface area contributed by atoms with E-state index in [1.54, 1.807) is 0 Å². The zero-order valence-electron chi connectivity index (χ0n) is 9.63. The third kappa shape index (κ3) is 3.33. The summed E-state index contributed by atoms with van der Waals surface area (Å²) in [5, 5.41) is 0. The Morgan fingerprint density at radius 3 is 2.65 bits per heavy atom. The molecule has 0 aromatic rings. The zero-order valence-corrected chi connectivity index (χ0v) is 9.63. The van der Waals surface area contributed by atoms with Crippen LogP contribution in [0.2, 0.25) is 0 Å². The van der Waals surface area contributed by atoms with Crippen LogP contribution in [0.4, 0.5) is 13.2 Å². The van der Waals surface area contributed by atoms with Crippen LogP contribution in [0.3, 0.4) is 0 Å². The van der Waals surface area contributed by atoms with Crippen molar-refractivity contribution in [2.75, 3.05) is 13.2 Å². The monoisotopic (exact) mass is 253 g/mol. The zero-order chi connectivity index (χ0) is 12.5. The lowest BCUT2D eigenvalue weighted by molar-refractivity contribution is -0.174. The predicted molar refractivity (Wildman–Crippen MR) is 55.5 cm³/mol. The Balaban J connectivity index is 1.62. The molecule has 0 aromatic heterocycles. The molecule has 3 nitrogen and oxygen atoms in total. The molecule has 0 radical (unpaired) electrons. The minimum Gasteiger partial charge on any atom is -0.373 e. The van der Waals surface area contributed by atoms with Crippen molar-refractivity contribution in [3.05, 3.63) is 0 Å². The normalized spacial score (nSPS) is 36.7. The molecule has 0 amide bonds. The van der Waals surface area contributed by atoms with Gasteiger partial charge in [0.2, 0.25) is 0 Å². The van der Waals surface area contributed by atoms with Crippen molar-refractivity contribution < 1.29 is 22.6 Å². The highest BCUT2D eigenvalue weighted by atomic mass is 19.4. The van der Waals surface area contributed by atoms with E-state index in [1.165, 1.54) is 0 Å². The van der Waals surface area contributed by atoms with Gasteiger partial charge in [-0.3, -0.25) is 0 Å². The van der Waals surface area contributed by atoms with Crippen LogP contribution in [0.1, 0.15) is 32.1 Å². The van der Waals surface area contributed by atoms with Crippen molar-refractivity contribution in [1.29, 1.82) is 0 Å². The lowest BCUT2D eigenvalue weighted by atomic mass is 9.79. The van der Waals surface area contributed by atoms with Crippen molar-refractivity contribution in [2.45, 2.75) is 56.0 Å². The van der Waals surface area contributed by atoms with Gasteiger partial charge in [-0.25, -0.2) is 0 Å². The SMILES string of the molecule is NC1(CCCOCC(F)(F)F)CC2CCC1O2. The molecule has 3 unspecified atom stereocenters. The highest BCUT2D eigenvalue weighted by Crippen LogP contribution is 2.42. The van der Waals surface area contributed by atoms with E-state index < -0.39 is 12.8 Å². The number of rotatable bonds is 5. The van der Waals surface area contributed by atoms with Crippen LogP contribution >= 0.6 is 0 Å². The average Bonchev–Trinajstić information content (AvgIpc) is 2.74. The van der Waals surface area contributed by atoms with E-state index in [9.17, 15) is 13.2 Å². The third-order valence-electron chi connectivity index (χ3n) is 3.55. The van der Waals surface area contributed by atoms with E-state index in [0.717, 1.165) is 19.3 Å². The highest BCUT2D eigenvalue weighted by molar-refractivity contribution is 5.04. The number of halogens is 3. The molecule has 3 atom stereocenters. The molecular formula is C11H18F3NO2. The lowest BCUT2D eigenvalue weighted by Gasteiger charge is -2.31. The van der Waals surface area contributed by atoms with Gasteiger partial charge in [-0.1, -0.05) is 0 Å². The molecule has 0 aromatic carbocycles. The molecule has 2 fully saturated rings. The first-order valence-corrected chi connectivity index (χ1v) is 5.98. The highest BCUT2D eigenvalue weighted by Gasteiger charge is 2.49. The standard InChI is InChI=1S/C11H18F3NO2/c12-11(13,14)7-16-5-1-4-10(15)6-8-2-3-9(10)17-8/h8-9H,1-7,15H2. The molecule has 2 N–H and O–H groups in total. The molecule has 2 saturated heterocycles. The summed E-state index contributed by atoms with van der Waals surface area (Å²) >= 11 is 0. The van der Waals surface area contributed by atoms with Crippen LogP contribution in [0.15, 0.2) is 0 Å². The summed E-state index contributed by atoms with van der Waals surface area (Å²) in [5.41, 5.74) is 5.87. The fourth-order valence-corrected chi connectivity index (χ4v) is 2.79. The maximum atomic E-state index is 11.8. The Morgan fingerprint density at radius 2 is 2.12 bits per heavy atom. The molecule has 0 aliphatic carbocycles. The topological polar surface area (TPSA) is 44.5 Å². The number of ether oxygens (including phenoxy) is 2. The van der Waals surface area contributed by atoms with Crippen LogP contribution in [-0.4, -0.2) is 37.1 Å². The second kappa shape index (κ2) is 4.74. The number of alkyl halides is 3. The summed E-state index contributed by atoms with van der Waals surface area (Å²) < 4.78 is 45.7.